The number of nitrogens with one attached hydrogen (secondary N) is 1. The number of hydrogen-bond acceptors (Lipinski definition) is 3. The third-order valence-electron chi connectivity index (χ3n) is 2.00. The molecule has 6 nitrogen and oxygen atoms in total. The molecule has 0 aliphatic heterocycles. The van der Waals surface area contributed by atoms with Crippen LogP contribution in [0.25, 0.3) is 0 Å². The third kappa shape index (κ3) is 4.74. The molecule has 0 fully saturated rings. The largest absolute Gasteiger partial charge is 0.573 e. The monoisotopic (exact) mass is 278 g/mol. The predicted molar refractivity (Wildman–Crippen MR) is 56.2 cm³/mol. The van der Waals surface area contributed by atoms with Gasteiger partial charge >= 0.3 is 12.5 Å². The van der Waals surface area contributed by atoms with E-state index in [0.717, 1.165) is 24.3 Å². The summed E-state index contributed by atoms with van der Waals surface area (Å²) in [6.45, 7) is 0. The molecule has 0 aliphatic rings. The lowest BCUT2D eigenvalue weighted by atomic mass is 10.1. The number of amides is 2. The minimum atomic E-state index is -4.83. The van der Waals surface area contributed by atoms with Crippen molar-refractivity contribution in [1.82, 2.24) is 5.32 Å². The molecule has 2 amide bonds. The standard InChI is InChI=1S/C10H9F3N2O4/c11-10(12,13)19-6-3-1-5(2-4-6)7(8(14)16)15-9(17)18/h1-4,7,15H,(H2,14,16)(H,17,18). The van der Waals surface area contributed by atoms with E-state index in [-0.39, 0.29) is 5.56 Å². The Labute approximate surface area is 105 Å². The fourth-order valence-electron chi connectivity index (χ4n) is 1.30. The van der Waals surface area contributed by atoms with E-state index in [0.29, 0.717) is 0 Å². The second kappa shape index (κ2) is 5.46. The predicted octanol–water partition coefficient (Wildman–Crippen LogP) is 1.38. The van der Waals surface area contributed by atoms with Crippen LogP contribution in [-0.4, -0.2) is 23.5 Å². The van der Waals surface area contributed by atoms with E-state index in [9.17, 15) is 22.8 Å². The van der Waals surface area contributed by atoms with Crippen LogP contribution in [0.1, 0.15) is 11.6 Å². The second-order valence-electron chi connectivity index (χ2n) is 3.40. The van der Waals surface area contributed by atoms with Crippen molar-refractivity contribution in [2.24, 2.45) is 5.73 Å². The van der Waals surface area contributed by atoms with Crippen molar-refractivity contribution in [2.75, 3.05) is 0 Å². The fourth-order valence-corrected chi connectivity index (χ4v) is 1.30. The Bertz CT molecular complexity index is 473. The van der Waals surface area contributed by atoms with Gasteiger partial charge in [-0.15, -0.1) is 13.2 Å². The first-order valence-electron chi connectivity index (χ1n) is 4.83. The minimum absolute atomic E-state index is 0.101. The van der Waals surface area contributed by atoms with Crippen molar-refractivity contribution in [3.63, 3.8) is 0 Å². The molecule has 0 aliphatic carbocycles. The summed E-state index contributed by atoms with van der Waals surface area (Å²) in [7, 11) is 0. The zero-order valence-electron chi connectivity index (χ0n) is 9.27. The number of carbonyl (C=O) groups is 2. The number of ether oxygens (including phenoxy) is 1. The van der Waals surface area contributed by atoms with Crippen molar-refractivity contribution in [3.05, 3.63) is 29.8 Å². The first-order valence-corrected chi connectivity index (χ1v) is 4.83. The van der Waals surface area contributed by atoms with Gasteiger partial charge in [0.05, 0.1) is 0 Å². The van der Waals surface area contributed by atoms with Crippen LogP contribution >= 0.6 is 0 Å². The quantitative estimate of drug-likeness (QED) is 0.774. The van der Waals surface area contributed by atoms with Crippen molar-refractivity contribution >= 4 is 12.0 Å². The molecule has 0 radical (unpaired) electrons. The number of carboxylic acid groups (broad SMARTS) is 1. The SMILES string of the molecule is NC(=O)C(NC(=O)O)c1ccc(OC(F)(F)F)cc1. The first kappa shape index (κ1) is 14.6. The van der Waals surface area contributed by atoms with Crippen LogP contribution in [0.4, 0.5) is 18.0 Å². The van der Waals surface area contributed by atoms with Gasteiger partial charge in [-0.25, -0.2) is 4.79 Å². The number of benzene rings is 1. The number of alkyl halides is 3. The van der Waals surface area contributed by atoms with Crippen LogP contribution in [0.5, 0.6) is 5.75 Å². The van der Waals surface area contributed by atoms with E-state index >= 15 is 0 Å². The van der Waals surface area contributed by atoms with Crippen LogP contribution in [0.2, 0.25) is 0 Å². The van der Waals surface area contributed by atoms with Gasteiger partial charge in [0.1, 0.15) is 11.8 Å². The summed E-state index contributed by atoms with van der Waals surface area (Å²) in [5.74, 6) is -1.47. The molecule has 4 N–H and O–H groups in total. The maximum atomic E-state index is 11.9. The average Bonchev–Trinajstić information content (AvgIpc) is 2.24. The summed E-state index contributed by atoms with van der Waals surface area (Å²) in [6.07, 6.45) is -6.32. The molecule has 0 aromatic heterocycles. The van der Waals surface area contributed by atoms with Crippen LogP contribution in [-0.2, 0) is 4.79 Å². The van der Waals surface area contributed by atoms with Gasteiger partial charge in [0.2, 0.25) is 5.91 Å². The zero-order valence-corrected chi connectivity index (χ0v) is 9.27. The molecule has 1 aromatic rings. The normalized spacial score (nSPS) is 12.6. The van der Waals surface area contributed by atoms with Gasteiger partial charge < -0.3 is 20.9 Å². The van der Waals surface area contributed by atoms with E-state index in [2.05, 4.69) is 4.74 Å². The van der Waals surface area contributed by atoms with E-state index in [1.54, 1.807) is 0 Å². The summed E-state index contributed by atoms with van der Waals surface area (Å²) in [5, 5.41) is 10.4. The van der Waals surface area contributed by atoms with E-state index < -0.39 is 30.2 Å². The lowest BCUT2D eigenvalue weighted by Gasteiger charge is -2.14. The van der Waals surface area contributed by atoms with Crippen molar-refractivity contribution < 1.29 is 32.6 Å². The van der Waals surface area contributed by atoms with E-state index in [4.69, 9.17) is 10.8 Å². The first-order chi connectivity index (χ1) is 8.69. The van der Waals surface area contributed by atoms with Gasteiger partial charge in [0, 0.05) is 0 Å². The molecule has 0 heterocycles. The van der Waals surface area contributed by atoms with Crippen LogP contribution in [0.15, 0.2) is 24.3 Å². The highest BCUT2D eigenvalue weighted by Crippen LogP contribution is 2.24. The molecule has 0 saturated heterocycles. The lowest BCUT2D eigenvalue weighted by molar-refractivity contribution is -0.274. The van der Waals surface area contributed by atoms with Gasteiger partial charge in [-0.05, 0) is 17.7 Å². The van der Waals surface area contributed by atoms with Crippen LogP contribution < -0.4 is 15.8 Å². The molecule has 0 bridgehead atoms. The van der Waals surface area contributed by atoms with Gasteiger partial charge in [0.15, 0.2) is 0 Å². The highest BCUT2D eigenvalue weighted by Gasteiger charge is 2.31. The molecule has 0 spiro atoms. The zero-order chi connectivity index (χ0) is 14.6. The number of hydrogen-bond donors (Lipinski definition) is 3. The number of nitrogens with two attached hydrogens (primary N) is 1. The van der Waals surface area contributed by atoms with Crippen molar-refractivity contribution in [3.8, 4) is 5.75 Å². The lowest BCUT2D eigenvalue weighted by Crippen LogP contribution is -2.36. The summed E-state index contributed by atoms with van der Waals surface area (Å²) in [5.41, 5.74) is 5.08. The maximum absolute atomic E-state index is 11.9. The topological polar surface area (TPSA) is 102 Å². The summed E-state index contributed by atoms with van der Waals surface area (Å²) < 4.78 is 39.4. The minimum Gasteiger partial charge on any atom is -0.465 e. The molecule has 1 atom stereocenters. The maximum Gasteiger partial charge on any atom is 0.573 e. The number of rotatable bonds is 4. The smallest absolute Gasteiger partial charge is 0.465 e. The Balaban J connectivity index is 2.89. The molecule has 19 heavy (non-hydrogen) atoms. The number of halogens is 3. The highest BCUT2D eigenvalue weighted by atomic mass is 19.4. The molecule has 1 rings (SSSR count). The Morgan fingerprint density at radius 2 is 1.79 bits per heavy atom. The molecule has 1 aromatic carbocycles. The van der Waals surface area contributed by atoms with Gasteiger partial charge in [-0.3, -0.25) is 4.79 Å². The van der Waals surface area contributed by atoms with Crippen LogP contribution in [0, 0.1) is 0 Å². The number of primary amides is 1. The summed E-state index contributed by atoms with van der Waals surface area (Å²) >= 11 is 0. The Morgan fingerprint density at radius 3 is 2.16 bits per heavy atom. The molecule has 104 valence electrons. The Hall–Kier alpha value is -2.45. The van der Waals surface area contributed by atoms with Crippen molar-refractivity contribution in [2.45, 2.75) is 12.4 Å². The molecular weight excluding hydrogens is 269 g/mol. The average molecular weight is 278 g/mol. The number of carbonyl (C=O) groups excluding carboxylic acids is 1. The van der Waals surface area contributed by atoms with Gasteiger partial charge in [-0.2, -0.15) is 0 Å². The van der Waals surface area contributed by atoms with Crippen molar-refractivity contribution in [1.29, 1.82) is 0 Å². The highest BCUT2D eigenvalue weighted by molar-refractivity contribution is 5.85. The molecule has 0 saturated carbocycles. The van der Waals surface area contributed by atoms with Gasteiger partial charge in [-0.1, -0.05) is 12.1 Å². The fraction of sp³-hybridized carbons (Fsp3) is 0.200. The molecular formula is C10H9F3N2O4. The second-order valence-corrected chi connectivity index (χ2v) is 3.40. The Kier molecular flexibility index (Phi) is 4.20. The van der Waals surface area contributed by atoms with E-state index in [1.165, 1.54) is 0 Å². The van der Waals surface area contributed by atoms with Crippen LogP contribution in [0.3, 0.4) is 0 Å². The molecule has 1 unspecified atom stereocenters. The van der Waals surface area contributed by atoms with E-state index in [1.807, 2.05) is 5.32 Å². The summed E-state index contributed by atoms with van der Waals surface area (Å²) in [4.78, 5) is 21.5. The third-order valence-corrected chi connectivity index (χ3v) is 2.00. The Morgan fingerprint density at radius 1 is 1.26 bits per heavy atom. The van der Waals surface area contributed by atoms with Gasteiger partial charge in [0.25, 0.3) is 0 Å². The molecule has 9 heteroatoms. The summed E-state index contributed by atoms with van der Waals surface area (Å²) in [6, 6.07) is 2.75.